The molecular weight excluding hydrogens is 180 g/mol. The minimum absolute atomic E-state index is 0.561. The van der Waals surface area contributed by atoms with Crippen molar-refractivity contribution in [2.24, 2.45) is 23.2 Å². The molecule has 15 heavy (non-hydrogen) atoms. The Kier molecular flexibility index (Phi) is 4.43. The highest BCUT2D eigenvalue weighted by Gasteiger charge is 2.39. The maximum absolute atomic E-state index is 3.97. The molecule has 0 aromatic rings. The van der Waals surface area contributed by atoms with Crippen molar-refractivity contribution in [1.82, 2.24) is 0 Å². The Morgan fingerprint density at radius 1 is 1.13 bits per heavy atom. The summed E-state index contributed by atoms with van der Waals surface area (Å²) in [7, 11) is 0. The van der Waals surface area contributed by atoms with E-state index in [1.165, 1.54) is 32.1 Å². The molecule has 0 aromatic heterocycles. The number of hydrogen-bond donors (Lipinski definition) is 0. The van der Waals surface area contributed by atoms with Crippen molar-refractivity contribution in [3.8, 4) is 0 Å². The van der Waals surface area contributed by atoms with Gasteiger partial charge in [-0.2, -0.15) is 0 Å². The molecule has 2 unspecified atom stereocenters. The van der Waals surface area contributed by atoms with Crippen molar-refractivity contribution >= 4 is 0 Å². The summed E-state index contributed by atoms with van der Waals surface area (Å²) in [6, 6.07) is 0. The van der Waals surface area contributed by atoms with Crippen molar-refractivity contribution in [3.05, 3.63) is 12.7 Å². The molecule has 1 rings (SSSR count). The van der Waals surface area contributed by atoms with Crippen molar-refractivity contribution in [2.75, 3.05) is 0 Å². The standard InChI is InChI=1S/C15H28/c1-6-15(9-10-15)8-7-13(4)14(5)11-12(2)3/h6,12-14H,1,7-11H2,2-5H3. The SMILES string of the molecule is C=CC1(CCC(C)C(C)CC(C)C)CC1. The van der Waals surface area contributed by atoms with Gasteiger partial charge in [0, 0.05) is 0 Å². The first-order chi connectivity index (χ1) is 6.99. The summed E-state index contributed by atoms with van der Waals surface area (Å²) in [5.74, 6) is 2.60. The summed E-state index contributed by atoms with van der Waals surface area (Å²) in [5.41, 5.74) is 0.561. The van der Waals surface area contributed by atoms with E-state index in [9.17, 15) is 0 Å². The molecular formula is C15H28. The van der Waals surface area contributed by atoms with E-state index in [4.69, 9.17) is 0 Å². The molecule has 2 atom stereocenters. The molecule has 0 bridgehead atoms. The van der Waals surface area contributed by atoms with Gasteiger partial charge in [0.15, 0.2) is 0 Å². The summed E-state index contributed by atoms with van der Waals surface area (Å²) in [6.45, 7) is 13.5. The lowest BCUT2D eigenvalue weighted by molar-refractivity contribution is 0.291. The van der Waals surface area contributed by atoms with Gasteiger partial charge in [0.2, 0.25) is 0 Å². The molecule has 0 spiro atoms. The third-order valence-corrected chi connectivity index (χ3v) is 4.24. The summed E-state index contributed by atoms with van der Waals surface area (Å²) in [4.78, 5) is 0. The zero-order valence-electron chi connectivity index (χ0n) is 11.1. The Hall–Kier alpha value is -0.260. The second kappa shape index (κ2) is 5.18. The second-order valence-electron chi connectivity index (χ2n) is 6.19. The molecule has 0 radical (unpaired) electrons. The van der Waals surface area contributed by atoms with Gasteiger partial charge < -0.3 is 0 Å². The summed E-state index contributed by atoms with van der Waals surface area (Å²) in [5, 5.41) is 0. The average molecular weight is 208 g/mol. The van der Waals surface area contributed by atoms with E-state index < -0.39 is 0 Å². The monoisotopic (exact) mass is 208 g/mol. The van der Waals surface area contributed by atoms with E-state index in [1.807, 2.05) is 0 Å². The van der Waals surface area contributed by atoms with Gasteiger partial charge >= 0.3 is 0 Å². The zero-order chi connectivity index (χ0) is 11.5. The molecule has 1 fully saturated rings. The Morgan fingerprint density at radius 3 is 2.13 bits per heavy atom. The summed E-state index contributed by atoms with van der Waals surface area (Å²) < 4.78 is 0. The first-order valence-electron chi connectivity index (χ1n) is 6.63. The van der Waals surface area contributed by atoms with E-state index in [0.717, 1.165) is 17.8 Å². The Morgan fingerprint density at radius 2 is 1.73 bits per heavy atom. The van der Waals surface area contributed by atoms with Crippen LogP contribution >= 0.6 is 0 Å². The number of rotatable bonds is 7. The first kappa shape index (κ1) is 12.8. The molecule has 0 N–H and O–H groups in total. The molecule has 1 aliphatic rings. The summed E-state index contributed by atoms with van der Waals surface area (Å²) >= 11 is 0. The zero-order valence-corrected chi connectivity index (χ0v) is 11.1. The van der Waals surface area contributed by atoms with Crippen molar-refractivity contribution in [3.63, 3.8) is 0 Å². The first-order valence-corrected chi connectivity index (χ1v) is 6.63. The normalized spacial score (nSPS) is 22.5. The molecule has 0 aromatic carbocycles. The highest BCUT2D eigenvalue weighted by Crippen LogP contribution is 2.51. The maximum atomic E-state index is 3.97. The second-order valence-corrected chi connectivity index (χ2v) is 6.19. The van der Waals surface area contributed by atoms with Crippen LogP contribution in [0.25, 0.3) is 0 Å². The molecule has 0 aliphatic heterocycles. The topological polar surface area (TPSA) is 0 Å². The molecule has 1 saturated carbocycles. The lowest BCUT2D eigenvalue weighted by atomic mass is 9.83. The van der Waals surface area contributed by atoms with Crippen LogP contribution in [0.5, 0.6) is 0 Å². The molecule has 0 heteroatoms. The maximum Gasteiger partial charge on any atom is -0.0120 e. The highest BCUT2D eigenvalue weighted by molar-refractivity contribution is 5.05. The van der Waals surface area contributed by atoms with Crippen LogP contribution in [-0.2, 0) is 0 Å². The average Bonchev–Trinajstić information content (AvgIpc) is 2.94. The van der Waals surface area contributed by atoms with Gasteiger partial charge in [-0.3, -0.25) is 0 Å². The minimum atomic E-state index is 0.561. The largest absolute Gasteiger partial charge is 0.103 e. The predicted molar refractivity (Wildman–Crippen MR) is 68.9 cm³/mol. The van der Waals surface area contributed by atoms with Gasteiger partial charge in [-0.15, -0.1) is 6.58 Å². The van der Waals surface area contributed by atoms with Crippen molar-refractivity contribution < 1.29 is 0 Å². The molecule has 0 nitrogen and oxygen atoms in total. The minimum Gasteiger partial charge on any atom is -0.103 e. The number of hydrogen-bond acceptors (Lipinski definition) is 0. The Balaban J connectivity index is 2.23. The van der Waals surface area contributed by atoms with E-state index in [2.05, 4.69) is 40.3 Å². The Labute approximate surface area is 96.2 Å². The van der Waals surface area contributed by atoms with Crippen molar-refractivity contribution in [1.29, 1.82) is 0 Å². The van der Waals surface area contributed by atoms with E-state index in [0.29, 0.717) is 5.41 Å². The van der Waals surface area contributed by atoms with Crippen LogP contribution in [0.3, 0.4) is 0 Å². The van der Waals surface area contributed by atoms with Crippen LogP contribution in [0.15, 0.2) is 12.7 Å². The molecule has 0 heterocycles. The van der Waals surface area contributed by atoms with E-state index in [1.54, 1.807) is 0 Å². The van der Waals surface area contributed by atoms with Gasteiger partial charge in [0.05, 0.1) is 0 Å². The van der Waals surface area contributed by atoms with Gasteiger partial charge in [-0.1, -0.05) is 33.8 Å². The van der Waals surface area contributed by atoms with Gasteiger partial charge in [-0.25, -0.2) is 0 Å². The van der Waals surface area contributed by atoms with Gasteiger partial charge in [0.1, 0.15) is 0 Å². The third-order valence-electron chi connectivity index (χ3n) is 4.24. The molecule has 88 valence electrons. The van der Waals surface area contributed by atoms with Crippen LogP contribution in [0.1, 0.15) is 59.8 Å². The van der Waals surface area contributed by atoms with Crippen LogP contribution in [0.2, 0.25) is 0 Å². The van der Waals surface area contributed by atoms with E-state index >= 15 is 0 Å². The smallest absolute Gasteiger partial charge is 0.0120 e. The molecule has 1 aliphatic carbocycles. The van der Waals surface area contributed by atoms with Crippen molar-refractivity contribution in [2.45, 2.75) is 59.8 Å². The fraction of sp³-hybridized carbons (Fsp3) is 0.867. The predicted octanol–water partition coefficient (Wildman–Crippen LogP) is 5.05. The van der Waals surface area contributed by atoms with Crippen LogP contribution in [0.4, 0.5) is 0 Å². The lowest BCUT2D eigenvalue weighted by Crippen LogP contribution is -2.12. The fourth-order valence-electron chi connectivity index (χ4n) is 2.49. The van der Waals surface area contributed by atoms with Crippen LogP contribution < -0.4 is 0 Å². The van der Waals surface area contributed by atoms with Crippen LogP contribution in [0, 0.1) is 23.2 Å². The van der Waals surface area contributed by atoms with Crippen LogP contribution in [-0.4, -0.2) is 0 Å². The Bertz CT molecular complexity index is 198. The highest BCUT2D eigenvalue weighted by atomic mass is 14.4. The van der Waals surface area contributed by atoms with E-state index in [-0.39, 0.29) is 0 Å². The number of allylic oxidation sites excluding steroid dienone is 1. The van der Waals surface area contributed by atoms with Gasteiger partial charge in [0.25, 0.3) is 0 Å². The fourth-order valence-corrected chi connectivity index (χ4v) is 2.49. The molecule has 0 saturated heterocycles. The van der Waals surface area contributed by atoms with Gasteiger partial charge in [-0.05, 0) is 55.3 Å². The summed E-state index contributed by atoms with van der Waals surface area (Å²) in [6.07, 6.45) is 9.12. The molecule has 0 amide bonds. The third kappa shape index (κ3) is 4.01. The lowest BCUT2D eigenvalue weighted by Gasteiger charge is -2.23. The quantitative estimate of drug-likeness (QED) is 0.513.